The van der Waals surface area contributed by atoms with Crippen LogP contribution < -0.4 is 10.2 Å². The van der Waals surface area contributed by atoms with Crippen molar-refractivity contribution < 1.29 is 13.9 Å². The molecular formula is C23H14BrClO4. The van der Waals surface area contributed by atoms with Gasteiger partial charge in [0.25, 0.3) is 0 Å². The smallest absolute Gasteiger partial charge is 0.343 e. The average Bonchev–Trinajstić information content (AvgIpc) is 2.69. The van der Waals surface area contributed by atoms with Crippen LogP contribution in [-0.2, 0) is 0 Å². The first kappa shape index (κ1) is 19.4. The molecule has 0 radical (unpaired) electrons. The van der Waals surface area contributed by atoms with Crippen LogP contribution in [0.2, 0.25) is 5.02 Å². The van der Waals surface area contributed by atoms with Crippen molar-refractivity contribution in [3.05, 3.63) is 97.8 Å². The Bertz CT molecular complexity index is 1290. The number of benzene rings is 3. The molecule has 0 atom stereocenters. The van der Waals surface area contributed by atoms with Crippen LogP contribution in [0.3, 0.4) is 0 Å². The van der Waals surface area contributed by atoms with Gasteiger partial charge < -0.3 is 9.15 Å². The van der Waals surface area contributed by atoms with E-state index in [2.05, 4.69) is 15.9 Å². The zero-order valence-corrected chi connectivity index (χ0v) is 17.6. The maximum Gasteiger partial charge on any atom is 0.343 e. The molecule has 1 heterocycles. The van der Waals surface area contributed by atoms with Crippen LogP contribution in [0.15, 0.2) is 80.4 Å². The molecule has 0 saturated carbocycles. The molecule has 0 saturated heterocycles. The molecule has 4 nitrogen and oxygen atoms in total. The van der Waals surface area contributed by atoms with Crippen molar-refractivity contribution in [2.45, 2.75) is 6.92 Å². The zero-order valence-electron chi connectivity index (χ0n) is 15.2. The van der Waals surface area contributed by atoms with E-state index >= 15 is 0 Å². The number of hydrogen-bond donors (Lipinski definition) is 0. The van der Waals surface area contributed by atoms with Crippen molar-refractivity contribution in [2.24, 2.45) is 0 Å². The number of rotatable bonds is 3. The predicted octanol–water partition coefficient (Wildman–Crippen LogP) is 6.40. The summed E-state index contributed by atoms with van der Waals surface area (Å²) < 4.78 is 12.2. The molecule has 6 heteroatoms. The summed E-state index contributed by atoms with van der Waals surface area (Å²) in [4.78, 5) is 25.4. The highest BCUT2D eigenvalue weighted by molar-refractivity contribution is 9.10. The normalized spacial score (nSPS) is 10.9. The SMILES string of the molecule is Cc1oc2cc(OC(=O)c3cccc(Cl)c3)ccc2c(=O)c1-c1ccc(Br)cc1. The summed E-state index contributed by atoms with van der Waals surface area (Å²) in [5, 5.41) is 0.858. The Morgan fingerprint density at radius 2 is 1.79 bits per heavy atom. The second kappa shape index (κ2) is 7.85. The number of ether oxygens (including phenoxy) is 1. The lowest BCUT2D eigenvalue weighted by Crippen LogP contribution is -2.10. The second-order valence-corrected chi connectivity index (χ2v) is 7.78. The van der Waals surface area contributed by atoms with Crippen LogP contribution in [-0.4, -0.2) is 5.97 Å². The van der Waals surface area contributed by atoms with Gasteiger partial charge in [-0.25, -0.2) is 4.79 Å². The Balaban J connectivity index is 1.72. The maximum atomic E-state index is 13.0. The van der Waals surface area contributed by atoms with Crippen LogP contribution in [0.1, 0.15) is 16.1 Å². The fraction of sp³-hybridized carbons (Fsp3) is 0.0435. The molecule has 0 spiro atoms. The van der Waals surface area contributed by atoms with Crippen LogP contribution in [0.25, 0.3) is 22.1 Å². The molecule has 0 amide bonds. The first-order valence-electron chi connectivity index (χ1n) is 8.73. The van der Waals surface area contributed by atoms with E-state index in [4.69, 9.17) is 20.8 Å². The number of aryl methyl sites for hydroxylation is 1. The lowest BCUT2D eigenvalue weighted by molar-refractivity contribution is 0.0735. The van der Waals surface area contributed by atoms with Crippen LogP contribution in [0, 0.1) is 6.92 Å². The van der Waals surface area contributed by atoms with Gasteiger partial charge in [-0.1, -0.05) is 45.7 Å². The fourth-order valence-corrected chi connectivity index (χ4v) is 3.54. The largest absolute Gasteiger partial charge is 0.460 e. The highest BCUT2D eigenvalue weighted by Gasteiger charge is 2.15. The first-order chi connectivity index (χ1) is 13.9. The van der Waals surface area contributed by atoms with Crippen LogP contribution in [0.5, 0.6) is 5.75 Å². The molecule has 3 aromatic carbocycles. The summed E-state index contributed by atoms with van der Waals surface area (Å²) in [6.45, 7) is 1.74. The predicted molar refractivity (Wildman–Crippen MR) is 117 cm³/mol. The van der Waals surface area contributed by atoms with Gasteiger partial charge in [-0.15, -0.1) is 0 Å². The molecule has 1 aromatic heterocycles. The van der Waals surface area contributed by atoms with E-state index in [0.29, 0.717) is 32.9 Å². The third-order valence-electron chi connectivity index (χ3n) is 4.44. The van der Waals surface area contributed by atoms with Gasteiger partial charge in [0.1, 0.15) is 17.1 Å². The first-order valence-corrected chi connectivity index (χ1v) is 9.90. The molecule has 0 aliphatic carbocycles. The van der Waals surface area contributed by atoms with Gasteiger partial charge in [0.15, 0.2) is 0 Å². The van der Waals surface area contributed by atoms with Gasteiger partial charge in [-0.3, -0.25) is 4.79 Å². The van der Waals surface area contributed by atoms with E-state index in [0.717, 1.165) is 10.0 Å². The van der Waals surface area contributed by atoms with E-state index in [1.807, 2.05) is 24.3 Å². The Labute approximate surface area is 179 Å². The minimum Gasteiger partial charge on any atom is -0.460 e. The highest BCUT2D eigenvalue weighted by Crippen LogP contribution is 2.27. The Morgan fingerprint density at radius 3 is 2.52 bits per heavy atom. The summed E-state index contributed by atoms with van der Waals surface area (Å²) in [6, 6.07) is 18.7. The summed E-state index contributed by atoms with van der Waals surface area (Å²) in [7, 11) is 0. The third-order valence-corrected chi connectivity index (χ3v) is 5.21. The van der Waals surface area contributed by atoms with Crippen LogP contribution >= 0.6 is 27.5 Å². The summed E-state index contributed by atoms with van der Waals surface area (Å²) >= 11 is 9.31. The van der Waals surface area contributed by atoms with E-state index in [1.54, 1.807) is 37.3 Å². The van der Waals surface area contributed by atoms with Crippen molar-refractivity contribution in [3.63, 3.8) is 0 Å². The van der Waals surface area contributed by atoms with Gasteiger partial charge in [-0.2, -0.15) is 0 Å². The van der Waals surface area contributed by atoms with E-state index in [-0.39, 0.29) is 11.2 Å². The zero-order chi connectivity index (χ0) is 20.5. The van der Waals surface area contributed by atoms with E-state index in [9.17, 15) is 9.59 Å². The molecule has 0 aliphatic rings. The number of hydrogen-bond acceptors (Lipinski definition) is 4. The molecule has 0 unspecified atom stereocenters. The Hall–Kier alpha value is -2.89. The van der Waals surface area contributed by atoms with E-state index < -0.39 is 5.97 Å². The minimum absolute atomic E-state index is 0.140. The van der Waals surface area contributed by atoms with E-state index in [1.165, 1.54) is 12.1 Å². The molecule has 0 N–H and O–H groups in total. The number of esters is 1. The molecule has 0 aliphatic heterocycles. The lowest BCUT2D eigenvalue weighted by Gasteiger charge is -2.09. The Morgan fingerprint density at radius 1 is 1.03 bits per heavy atom. The standard InChI is InChI=1S/C23H14BrClO4/c1-13-21(14-5-7-16(24)8-6-14)22(26)19-10-9-18(12-20(19)28-13)29-23(27)15-3-2-4-17(25)11-15/h2-12H,1H3. The topological polar surface area (TPSA) is 56.5 Å². The van der Waals surface area contributed by atoms with Crippen molar-refractivity contribution in [2.75, 3.05) is 0 Å². The van der Waals surface area contributed by atoms with Crippen LogP contribution in [0.4, 0.5) is 0 Å². The molecule has 0 fully saturated rings. The van der Waals surface area contributed by atoms with Gasteiger partial charge in [-0.05, 0) is 55.0 Å². The fourth-order valence-electron chi connectivity index (χ4n) is 3.08. The summed E-state index contributed by atoms with van der Waals surface area (Å²) in [6.07, 6.45) is 0. The lowest BCUT2D eigenvalue weighted by atomic mass is 10.0. The molecule has 144 valence electrons. The van der Waals surface area contributed by atoms with Crippen molar-refractivity contribution in [1.29, 1.82) is 0 Å². The number of carbonyl (C=O) groups excluding carboxylic acids is 1. The Kier molecular flexibility index (Phi) is 5.26. The third kappa shape index (κ3) is 3.97. The quantitative estimate of drug-likeness (QED) is 0.257. The number of halogens is 2. The number of carbonyl (C=O) groups is 1. The monoisotopic (exact) mass is 468 g/mol. The number of fused-ring (bicyclic) bond motifs is 1. The highest BCUT2D eigenvalue weighted by atomic mass is 79.9. The van der Waals surface area contributed by atoms with Gasteiger partial charge >= 0.3 is 5.97 Å². The van der Waals surface area contributed by atoms with Gasteiger partial charge in [0.05, 0.1) is 16.5 Å². The summed E-state index contributed by atoms with van der Waals surface area (Å²) in [5.41, 5.74) is 1.83. The molecule has 4 aromatic rings. The van der Waals surface area contributed by atoms with Gasteiger partial charge in [0, 0.05) is 15.6 Å². The molecule has 29 heavy (non-hydrogen) atoms. The van der Waals surface area contributed by atoms with Crippen molar-refractivity contribution in [3.8, 4) is 16.9 Å². The van der Waals surface area contributed by atoms with Crippen molar-refractivity contribution in [1.82, 2.24) is 0 Å². The van der Waals surface area contributed by atoms with Gasteiger partial charge in [0.2, 0.25) is 5.43 Å². The molecule has 0 bridgehead atoms. The minimum atomic E-state index is -0.544. The summed E-state index contributed by atoms with van der Waals surface area (Å²) in [5.74, 6) is 0.224. The second-order valence-electron chi connectivity index (χ2n) is 6.43. The molecule has 4 rings (SSSR count). The molecular weight excluding hydrogens is 456 g/mol. The average molecular weight is 470 g/mol. The van der Waals surface area contributed by atoms with Crippen molar-refractivity contribution >= 4 is 44.5 Å². The maximum absolute atomic E-state index is 13.0.